The largest absolute Gasteiger partial charge is 0.456 e. The summed E-state index contributed by atoms with van der Waals surface area (Å²) in [6.07, 6.45) is 6.54. The van der Waals surface area contributed by atoms with Crippen molar-refractivity contribution in [3.8, 4) is 11.5 Å². The van der Waals surface area contributed by atoms with Crippen LogP contribution in [0.5, 0.6) is 11.5 Å². The fourth-order valence-corrected chi connectivity index (χ4v) is 7.49. The van der Waals surface area contributed by atoms with Gasteiger partial charge in [-0.2, -0.15) is 16.8 Å². The first-order chi connectivity index (χ1) is 17.8. The highest BCUT2D eigenvalue weighted by atomic mass is 32.2. The van der Waals surface area contributed by atoms with Gasteiger partial charge in [0.15, 0.2) is 0 Å². The van der Waals surface area contributed by atoms with Crippen LogP contribution < -0.4 is 15.2 Å². The van der Waals surface area contributed by atoms with Crippen molar-refractivity contribution in [2.24, 2.45) is 16.7 Å². The van der Waals surface area contributed by atoms with Gasteiger partial charge < -0.3 is 4.74 Å². The van der Waals surface area contributed by atoms with Crippen molar-refractivity contribution in [1.82, 2.24) is 0 Å². The SMILES string of the molecule is CC(C)C1=c2cc3c(cc2Oc2cc4c(cc21)C(CS(=O)(=O)O)=CC(C)(C)C4)=CC(C)(C)C=C3CS(=O)(=O)O. The Balaban J connectivity index is 1.78. The molecule has 2 aromatic rings. The molecule has 0 atom stereocenters. The molecule has 1 heterocycles. The lowest BCUT2D eigenvalue weighted by Crippen LogP contribution is -2.29. The topological polar surface area (TPSA) is 118 Å². The first-order valence-corrected chi connectivity index (χ1v) is 16.1. The van der Waals surface area contributed by atoms with E-state index in [0.29, 0.717) is 29.1 Å². The van der Waals surface area contributed by atoms with E-state index in [1.165, 1.54) is 0 Å². The fourth-order valence-electron chi connectivity index (χ4n) is 6.23. The van der Waals surface area contributed by atoms with Crippen LogP contribution in [-0.2, 0) is 26.7 Å². The molecule has 39 heavy (non-hydrogen) atoms. The molecule has 0 fully saturated rings. The second kappa shape index (κ2) is 8.89. The average Bonchev–Trinajstić information content (AvgIpc) is 2.71. The second-order valence-corrected chi connectivity index (χ2v) is 15.4. The van der Waals surface area contributed by atoms with Crippen LogP contribution in [0, 0.1) is 16.7 Å². The first-order valence-electron chi connectivity index (χ1n) is 12.9. The van der Waals surface area contributed by atoms with Gasteiger partial charge in [0.1, 0.15) is 23.0 Å². The molecular weight excluding hydrogens is 536 g/mol. The maximum atomic E-state index is 11.9. The molecule has 0 radical (unpaired) electrons. The molecule has 5 rings (SSSR count). The summed E-state index contributed by atoms with van der Waals surface area (Å²) in [5, 5.41) is 1.66. The smallest absolute Gasteiger partial charge is 0.269 e. The number of fused-ring (bicyclic) bond motifs is 4. The Morgan fingerprint density at radius 1 is 0.795 bits per heavy atom. The Morgan fingerprint density at radius 3 is 2.00 bits per heavy atom. The summed E-state index contributed by atoms with van der Waals surface area (Å²) in [6, 6.07) is 7.80. The lowest BCUT2D eigenvalue weighted by molar-refractivity contribution is 0.456. The van der Waals surface area contributed by atoms with E-state index >= 15 is 0 Å². The van der Waals surface area contributed by atoms with E-state index < -0.39 is 37.2 Å². The van der Waals surface area contributed by atoms with Gasteiger partial charge in [0.2, 0.25) is 0 Å². The molecule has 0 saturated heterocycles. The molecule has 0 amide bonds. The highest BCUT2D eigenvalue weighted by Gasteiger charge is 2.32. The average molecular weight is 571 g/mol. The normalized spacial score (nSPS) is 19.1. The highest BCUT2D eigenvalue weighted by molar-refractivity contribution is 7.86. The van der Waals surface area contributed by atoms with E-state index in [1.54, 1.807) is 0 Å². The zero-order valence-electron chi connectivity index (χ0n) is 23.0. The van der Waals surface area contributed by atoms with E-state index in [1.807, 2.05) is 64.1 Å². The second-order valence-electron chi connectivity index (χ2n) is 12.5. The summed E-state index contributed by atoms with van der Waals surface area (Å²) in [5.41, 5.74) is 4.64. The quantitative estimate of drug-likeness (QED) is 0.505. The molecule has 2 N–H and O–H groups in total. The van der Waals surface area contributed by atoms with Gasteiger partial charge in [-0.05, 0) is 80.6 Å². The molecule has 3 aliphatic rings. The van der Waals surface area contributed by atoms with Crippen LogP contribution in [0.25, 0.3) is 22.8 Å². The van der Waals surface area contributed by atoms with Crippen molar-refractivity contribution in [3.63, 3.8) is 0 Å². The van der Waals surface area contributed by atoms with Crippen LogP contribution in [0.3, 0.4) is 0 Å². The van der Waals surface area contributed by atoms with E-state index in [9.17, 15) is 25.9 Å². The number of benzene rings is 2. The molecule has 0 unspecified atom stereocenters. The summed E-state index contributed by atoms with van der Waals surface area (Å²) in [5.74, 6) is 0.429. The van der Waals surface area contributed by atoms with E-state index in [4.69, 9.17) is 4.74 Å². The minimum absolute atomic E-state index is 0.0505. The molecule has 1 aliphatic heterocycles. The number of hydrogen-bond donors (Lipinski definition) is 2. The number of ether oxygens (including phenoxy) is 1. The minimum atomic E-state index is -4.25. The molecule has 7 nitrogen and oxygen atoms in total. The van der Waals surface area contributed by atoms with Crippen LogP contribution in [0.1, 0.15) is 63.8 Å². The first kappa shape index (κ1) is 27.8. The van der Waals surface area contributed by atoms with Crippen molar-refractivity contribution in [1.29, 1.82) is 0 Å². The molecule has 0 bridgehead atoms. The van der Waals surface area contributed by atoms with E-state index in [2.05, 4.69) is 19.9 Å². The summed E-state index contributed by atoms with van der Waals surface area (Å²) < 4.78 is 73.3. The lowest BCUT2D eigenvalue weighted by Gasteiger charge is -2.32. The summed E-state index contributed by atoms with van der Waals surface area (Å²) in [6.45, 7) is 12.1. The Labute approximate surface area is 230 Å². The van der Waals surface area contributed by atoms with Gasteiger partial charge in [-0.25, -0.2) is 0 Å². The summed E-state index contributed by atoms with van der Waals surface area (Å²) >= 11 is 0. The Hall–Kier alpha value is -2.72. The van der Waals surface area contributed by atoms with Gasteiger partial charge in [0, 0.05) is 16.2 Å². The maximum Gasteiger partial charge on any atom is 0.269 e. The number of allylic oxidation sites excluding steroid dienone is 2. The van der Waals surface area contributed by atoms with Gasteiger partial charge >= 0.3 is 0 Å². The third-order valence-corrected chi connectivity index (χ3v) is 8.74. The molecule has 0 aromatic heterocycles. The Bertz CT molecular complexity index is 1820. The van der Waals surface area contributed by atoms with Gasteiger partial charge in [0.25, 0.3) is 20.2 Å². The van der Waals surface area contributed by atoms with E-state index in [0.717, 1.165) is 38.3 Å². The van der Waals surface area contributed by atoms with E-state index in [-0.39, 0.29) is 11.3 Å². The van der Waals surface area contributed by atoms with Gasteiger partial charge in [-0.1, -0.05) is 59.8 Å². The number of rotatable bonds is 5. The van der Waals surface area contributed by atoms with Gasteiger partial charge in [-0.3, -0.25) is 9.11 Å². The monoisotopic (exact) mass is 570 g/mol. The molecule has 0 spiro atoms. The predicted octanol–water partition coefficient (Wildman–Crippen LogP) is 4.59. The zero-order chi connectivity index (χ0) is 28.7. The van der Waals surface area contributed by atoms with Crippen molar-refractivity contribution in [3.05, 3.63) is 69.1 Å². The molecule has 208 valence electrons. The van der Waals surface area contributed by atoms with Crippen LogP contribution in [0.4, 0.5) is 0 Å². The van der Waals surface area contributed by atoms with Crippen LogP contribution in [0.2, 0.25) is 0 Å². The van der Waals surface area contributed by atoms with Crippen molar-refractivity contribution >= 4 is 43.0 Å². The van der Waals surface area contributed by atoms with Crippen LogP contribution in [0.15, 0.2) is 36.4 Å². The van der Waals surface area contributed by atoms with Crippen molar-refractivity contribution in [2.75, 3.05) is 11.5 Å². The zero-order valence-corrected chi connectivity index (χ0v) is 24.6. The number of hydrogen-bond acceptors (Lipinski definition) is 5. The van der Waals surface area contributed by atoms with Crippen LogP contribution >= 0.6 is 0 Å². The molecular formula is C30H34O7S2. The summed E-state index contributed by atoms with van der Waals surface area (Å²) in [4.78, 5) is 0. The predicted molar refractivity (Wildman–Crippen MR) is 154 cm³/mol. The Morgan fingerprint density at radius 2 is 1.41 bits per heavy atom. The van der Waals surface area contributed by atoms with Crippen molar-refractivity contribution < 1.29 is 30.7 Å². The summed E-state index contributed by atoms with van der Waals surface area (Å²) in [7, 11) is -8.50. The van der Waals surface area contributed by atoms with Gasteiger partial charge in [-0.15, -0.1) is 0 Å². The Kier molecular flexibility index (Phi) is 6.35. The molecule has 0 saturated carbocycles. The third kappa shape index (κ3) is 5.63. The standard InChI is InChI=1S/C30H34O7S2/c1-17(2)28-24-9-22-18(11-29(3,4)13-20(22)15-38(31,32)33)7-26(24)37-27-8-19-12-30(5,6)14-21(16-39(34,35)36)23(19)10-25(27)28/h7-11,13-14,17H,12,15-16H2,1-6H3,(H,31,32,33)(H,34,35,36). The third-order valence-electron chi connectivity index (χ3n) is 7.39. The maximum absolute atomic E-state index is 11.9. The van der Waals surface area contributed by atoms with Gasteiger partial charge in [0.05, 0.1) is 0 Å². The minimum Gasteiger partial charge on any atom is -0.456 e. The van der Waals surface area contributed by atoms with Crippen molar-refractivity contribution in [2.45, 2.75) is 48.0 Å². The molecule has 2 aromatic carbocycles. The van der Waals surface area contributed by atoms with Crippen LogP contribution in [-0.4, -0.2) is 37.4 Å². The lowest BCUT2D eigenvalue weighted by atomic mass is 9.75. The molecule has 9 heteroatoms. The highest BCUT2D eigenvalue weighted by Crippen LogP contribution is 2.44. The molecule has 2 aliphatic carbocycles. The fraction of sp³-hybridized carbons (Fsp3) is 0.400.